The van der Waals surface area contributed by atoms with Crippen LogP contribution in [0.4, 0.5) is 5.69 Å². The van der Waals surface area contributed by atoms with Crippen molar-refractivity contribution in [3.8, 4) is 0 Å². The zero-order valence-electron chi connectivity index (χ0n) is 13.5. The molecule has 0 aromatic heterocycles. The number of esters is 1. The van der Waals surface area contributed by atoms with Crippen molar-refractivity contribution < 1.29 is 19.4 Å². The van der Waals surface area contributed by atoms with Crippen LogP contribution >= 0.6 is 0 Å². The predicted molar refractivity (Wildman–Crippen MR) is 90.1 cm³/mol. The van der Waals surface area contributed by atoms with E-state index in [0.717, 1.165) is 5.69 Å². The summed E-state index contributed by atoms with van der Waals surface area (Å²) in [6.07, 6.45) is 0. The maximum absolute atomic E-state index is 11.3. The van der Waals surface area contributed by atoms with Crippen molar-refractivity contribution in [1.82, 2.24) is 0 Å². The van der Waals surface area contributed by atoms with Crippen molar-refractivity contribution >= 4 is 17.6 Å². The molecule has 2 aromatic carbocycles. The summed E-state index contributed by atoms with van der Waals surface area (Å²) in [5.74, 6) is -1.14. The molecule has 122 valence electrons. The van der Waals surface area contributed by atoms with Gasteiger partial charge < -0.3 is 14.7 Å². The van der Waals surface area contributed by atoms with Gasteiger partial charge in [0.25, 0.3) is 0 Å². The quantitative estimate of drug-likeness (QED) is 0.877. The van der Waals surface area contributed by atoms with Crippen molar-refractivity contribution in [1.29, 1.82) is 0 Å². The zero-order chi connectivity index (χ0) is 17.2. The molecule has 2 rings (SSSR count). The molecule has 0 amide bonds. The minimum atomic E-state index is -0.879. The molecule has 0 heterocycles. The molecule has 0 radical (unpaired) electrons. The van der Waals surface area contributed by atoms with Gasteiger partial charge in [0.2, 0.25) is 0 Å². The lowest BCUT2D eigenvalue weighted by atomic mass is 10.2. The Labute approximate surface area is 136 Å². The molecule has 5 nitrogen and oxygen atoms in total. The maximum atomic E-state index is 11.3. The number of hydrogen-bond donors (Lipinski definition) is 1. The summed E-state index contributed by atoms with van der Waals surface area (Å²) in [5.41, 5.74) is 1.99. The molecule has 5 heteroatoms. The average molecular weight is 315 g/mol. The molecule has 0 aliphatic carbocycles. The van der Waals surface area contributed by atoms with Crippen molar-refractivity contribution in [2.75, 3.05) is 25.6 Å². The molecule has 0 saturated heterocycles. The molecule has 0 bridgehead atoms. The number of benzene rings is 2. The van der Waals surface area contributed by atoms with Gasteiger partial charge in [-0.3, -0.25) is 0 Å². The number of hydrogen-bond acceptors (Lipinski definition) is 4. The Kier molecular flexibility index (Phi) is 7.33. The lowest BCUT2D eigenvalue weighted by Crippen LogP contribution is -2.09. The first kappa shape index (κ1) is 18.2. The summed E-state index contributed by atoms with van der Waals surface area (Å²) in [4.78, 5) is 23.5. The van der Waals surface area contributed by atoms with E-state index >= 15 is 0 Å². The molecule has 0 fully saturated rings. The van der Waals surface area contributed by atoms with E-state index in [1.807, 2.05) is 31.1 Å². The van der Waals surface area contributed by atoms with E-state index in [-0.39, 0.29) is 5.97 Å². The summed E-state index contributed by atoms with van der Waals surface area (Å²) in [7, 11) is 3.92. The molecule has 0 unspecified atom stereocenters. The third-order valence-electron chi connectivity index (χ3n) is 2.92. The van der Waals surface area contributed by atoms with Gasteiger partial charge in [-0.15, -0.1) is 0 Å². The highest BCUT2D eigenvalue weighted by Gasteiger charge is 2.05. The Morgan fingerprint density at radius 2 is 1.52 bits per heavy atom. The second-order valence-electron chi connectivity index (χ2n) is 4.83. The van der Waals surface area contributed by atoms with Crippen LogP contribution < -0.4 is 4.90 Å². The Balaban J connectivity index is 0.000000253. The Morgan fingerprint density at radius 1 is 0.957 bits per heavy atom. The summed E-state index contributed by atoms with van der Waals surface area (Å²) in [6, 6.07) is 15.6. The number of aromatic carboxylic acids is 1. The SMILES string of the molecule is CCOC(=O)c1ccc(N(C)C)cc1.O=C(O)c1ccccc1. The number of carboxylic acid groups (broad SMARTS) is 1. The van der Waals surface area contributed by atoms with Crippen molar-refractivity contribution in [3.05, 3.63) is 65.7 Å². The van der Waals surface area contributed by atoms with Crippen LogP contribution in [0.5, 0.6) is 0 Å². The first-order valence-electron chi connectivity index (χ1n) is 7.18. The van der Waals surface area contributed by atoms with Crippen LogP contribution in [0.15, 0.2) is 54.6 Å². The highest BCUT2D eigenvalue weighted by molar-refractivity contribution is 5.89. The van der Waals surface area contributed by atoms with Crippen molar-refractivity contribution in [2.24, 2.45) is 0 Å². The molecule has 0 aliphatic heterocycles. The van der Waals surface area contributed by atoms with Gasteiger partial charge in [0.1, 0.15) is 0 Å². The Hall–Kier alpha value is -2.82. The van der Waals surface area contributed by atoms with Gasteiger partial charge in [-0.05, 0) is 43.3 Å². The predicted octanol–water partition coefficient (Wildman–Crippen LogP) is 3.31. The van der Waals surface area contributed by atoms with Crippen LogP contribution in [0.3, 0.4) is 0 Å². The highest BCUT2D eigenvalue weighted by Crippen LogP contribution is 2.12. The smallest absolute Gasteiger partial charge is 0.338 e. The normalized spacial score (nSPS) is 9.35. The number of nitrogens with zero attached hydrogens (tertiary/aromatic N) is 1. The third kappa shape index (κ3) is 6.22. The maximum Gasteiger partial charge on any atom is 0.338 e. The van der Waals surface area contributed by atoms with E-state index in [1.165, 1.54) is 0 Å². The van der Waals surface area contributed by atoms with Crippen LogP contribution in [0.25, 0.3) is 0 Å². The van der Waals surface area contributed by atoms with Crippen LogP contribution in [0.1, 0.15) is 27.6 Å². The van der Waals surface area contributed by atoms with Gasteiger partial charge in [0.05, 0.1) is 17.7 Å². The van der Waals surface area contributed by atoms with Crippen LogP contribution in [-0.2, 0) is 4.74 Å². The largest absolute Gasteiger partial charge is 0.478 e. The summed E-state index contributed by atoms with van der Waals surface area (Å²) >= 11 is 0. The van der Waals surface area contributed by atoms with Gasteiger partial charge in [-0.2, -0.15) is 0 Å². The lowest BCUT2D eigenvalue weighted by molar-refractivity contribution is 0.0526. The second kappa shape index (κ2) is 9.25. The molecular formula is C18H21NO4. The summed E-state index contributed by atoms with van der Waals surface area (Å²) in [6.45, 7) is 2.21. The number of ether oxygens (including phenoxy) is 1. The van der Waals surface area contributed by atoms with E-state index in [2.05, 4.69) is 0 Å². The van der Waals surface area contributed by atoms with Crippen molar-refractivity contribution in [3.63, 3.8) is 0 Å². The minimum absolute atomic E-state index is 0.266. The van der Waals surface area contributed by atoms with Crippen LogP contribution in [0, 0.1) is 0 Å². The van der Waals surface area contributed by atoms with Crippen molar-refractivity contribution in [2.45, 2.75) is 6.92 Å². The van der Waals surface area contributed by atoms with Gasteiger partial charge in [-0.25, -0.2) is 9.59 Å². The van der Waals surface area contributed by atoms with Gasteiger partial charge in [0, 0.05) is 19.8 Å². The number of carbonyl (C=O) groups is 2. The van der Waals surface area contributed by atoms with Crippen LogP contribution in [0.2, 0.25) is 0 Å². The monoisotopic (exact) mass is 315 g/mol. The number of carboxylic acids is 1. The fourth-order valence-electron chi connectivity index (χ4n) is 1.69. The van der Waals surface area contributed by atoms with Gasteiger partial charge in [0.15, 0.2) is 0 Å². The molecule has 0 saturated carbocycles. The highest BCUT2D eigenvalue weighted by atomic mass is 16.5. The van der Waals surface area contributed by atoms with Gasteiger partial charge >= 0.3 is 11.9 Å². The van der Waals surface area contributed by atoms with E-state index in [0.29, 0.717) is 17.7 Å². The molecule has 23 heavy (non-hydrogen) atoms. The summed E-state index contributed by atoms with van der Waals surface area (Å²) in [5, 5.41) is 8.38. The molecule has 0 spiro atoms. The minimum Gasteiger partial charge on any atom is -0.478 e. The molecule has 2 aromatic rings. The fourth-order valence-corrected chi connectivity index (χ4v) is 1.69. The topological polar surface area (TPSA) is 66.8 Å². The van der Waals surface area contributed by atoms with Gasteiger partial charge in [-0.1, -0.05) is 18.2 Å². The number of rotatable bonds is 4. The lowest BCUT2D eigenvalue weighted by Gasteiger charge is -2.12. The Morgan fingerprint density at radius 3 is 1.91 bits per heavy atom. The van der Waals surface area contributed by atoms with E-state index in [9.17, 15) is 9.59 Å². The fraction of sp³-hybridized carbons (Fsp3) is 0.222. The summed E-state index contributed by atoms with van der Waals surface area (Å²) < 4.78 is 4.88. The molecule has 0 aliphatic rings. The standard InChI is InChI=1S/C11H15NO2.C7H6O2/c1-4-14-11(13)9-5-7-10(8-6-9)12(2)3;8-7(9)6-4-2-1-3-5-6/h5-8H,4H2,1-3H3;1-5H,(H,8,9). The third-order valence-corrected chi connectivity index (χ3v) is 2.92. The van der Waals surface area contributed by atoms with E-state index in [4.69, 9.17) is 9.84 Å². The second-order valence-corrected chi connectivity index (χ2v) is 4.83. The molecule has 1 N–H and O–H groups in total. The van der Waals surface area contributed by atoms with E-state index in [1.54, 1.807) is 49.4 Å². The first-order chi connectivity index (χ1) is 11.0. The molecule has 0 atom stereocenters. The first-order valence-corrected chi connectivity index (χ1v) is 7.18. The van der Waals surface area contributed by atoms with E-state index < -0.39 is 5.97 Å². The average Bonchev–Trinajstić information content (AvgIpc) is 2.56. The zero-order valence-corrected chi connectivity index (χ0v) is 13.5. The number of anilines is 1. The van der Waals surface area contributed by atoms with Crippen LogP contribution in [-0.4, -0.2) is 37.7 Å². The molecular weight excluding hydrogens is 294 g/mol. The Bertz CT molecular complexity index is 621. The number of carbonyl (C=O) groups excluding carboxylic acids is 1.